The summed E-state index contributed by atoms with van der Waals surface area (Å²) in [6, 6.07) is 4.55. The summed E-state index contributed by atoms with van der Waals surface area (Å²) < 4.78 is 19.5. The van der Waals surface area contributed by atoms with Crippen molar-refractivity contribution in [3.05, 3.63) is 52.7 Å². The van der Waals surface area contributed by atoms with Crippen LogP contribution in [0, 0.1) is 5.82 Å². The number of hydrogen-bond acceptors (Lipinski definition) is 4. The molecule has 1 aliphatic rings. The van der Waals surface area contributed by atoms with Gasteiger partial charge in [-0.25, -0.2) is 9.37 Å². The number of nitrogens with zero attached hydrogens (tertiary/aromatic N) is 2. The molecule has 6 heteroatoms. The van der Waals surface area contributed by atoms with Crippen LogP contribution in [0.25, 0.3) is 0 Å². The highest BCUT2D eigenvalue weighted by molar-refractivity contribution is 6.30. The Hall–Kier alpha value is -1.72. The molecule has 0 spiro atoms. The molecule has 22 heavy (non-hydrogen) atoms. The first-order chi connectivity index (χ1) is 10.7. The van der Waals surface area contributed by atoms with Crippen LogP contribution in [0.15, 0.2) is 30.6 Å². The molecule has 2 heterocycles. The Morgan fingerprint density at radius 1 is 1.23 bits per heavy atom. The Labute approximate surface area is 133 Å². The first kappa shape index (κ1) is 15.2. The minimum Gasteiger partial charge on any atom is -0.471 e. The molecule has 0 amide bonds. The van der Waals surface area contributed by atoms with Crippen molar-refractivity contribution in [2.45, 2.75) is 25.4 Å². The van der Waals surface area contributed by atoms with Crippen molar-refractivity contribution in [2.24, 2.45) is 0 Å². The summed E-state index contributed by atoms with van der Waals surface area (Å²) in [5, 5.41) is 3.69. The predicted molar refractivity (Wildman–Crippen MR) is 82.6 cm³/mol. The van der Waals surface area contributed by atoms with Gasteiger partial charge in [0.25, 0.3) is 0 Å². The first-order valence-corrected chi connectivity index (χ1v) is 7.70. The van der Waals surface area contributed by atoms with Crippen molar-refractivity contribution < 1.29 is 9.13 Å². The van der Waals surface area contributed by atoms with E-state index in [9.17, 15) is 4.39 Å². The SMILES string of the molecule is Fc1cc(Cl)ccc1COc1nccnc1C1CCNCC1. The van der Waals surface area contributed by atoms with Crippen LogP contribution in [0.5, 0.6) is 5.88 Å². The molecular formula is C16H17ClFN3O. The lowest BCUT2D eigenvalue weighted by Crippen LogP contribution is -2.27. The smallest absolute Gasteiger partial charge is 0.236 e. The van der Waals surface area contributed by atoms with Crippen LogP contribution in [0.3, 0.4) is 0 Å². The lowest BCUT2D eigenvalue weighted by molar-refractivity contribution is 0.277. The minimum absolute atomic E-state index is 0.111. The third-order valence-corrected chi connectivity index (χ3v) is 4.03. The molecule has 3 rings (SSSR count). The molecule has 116 valence electrons. The van der Waals surface area contributed by atoms with Gasteiger partial charge in [0.1, 0.15) is 18.1 Å². The van der Waals surface area contributed by atoms with E-state index < -0.39 is 0 Å². The minimum atomic E-state index is -0.375. The lowest BCUT2D eigenvalue weighted by atomic mass is 9.94. The number of ether oxygens (including phenoxy) is 1. The normalized spacial score (nSPS) is 15.7. The molecule has 0 aliphatic carbocycles. The second-order valence-electron chi connectivity index (χ2n) is 5.30. The second kappa shape index (κ2) is 7.03. The highest BCUT2D eigenvalue weighted by Crippen LogP contribution is 2.29. The quantitative estimate of drug-likeness (QED) is 0.938. The zero-order valence-corrected chi connectivity index (χ0v) is 12.8. The number of piperidine rings is 1. The molecule has 1 fully saturated rings. The van der Waals surface area contributed by atoms with Crippen molar-refractivity contribution in [1.82, 2.24) is 15.3 Å². The van der Waals surface area contributed by atoms with E-state index in [0.29, 0.717) is 22.4 Å². The van der Waals surface area contributed by atoms with Crippen LogP contribution in [0.2, 0.25) is 5.02 Å². The number of rotatable bonds is 4. The van der Waals surface area contributed by atoms with Gasteiger partial charge in [-0.05, 0) is 38.1 Å². The van der Waals surface area contributed by atoms with Gasteiger partial charge in [-0.15, -0.1) is 0 Å². The Morgan fingerprint density at radius 3 is 2.77 bits per heavy atom. The molecule has 0 bridgehead atoms. The maximum absolute atomic E-state index is 13.8. The van der Waals surface area contributed by atoms with E-state index in [1.165, 1.54) is 6.07 Å². The van der Waals surface area contributed by atoms with Crippen molar-refractivity contribution in [3.63, 3.8) is 0 Å². The molecule has 1 N–H and O–H groups in total. The summed E-state index contributed by atoms with van der Waals surface area (Å²) in [4.78, 5) is 8.68. The average Bonchev–Trinajstić information content (AvgIpc) is 2.55. The fourth-order valence-electron chi connectivity index (χ4n) is 2.61. The van der Waals surface area contributed by atoms with Crippen LogP contribution < -0.4 is 10.1 Å². The molecule has 1 aliphatic heterocycles. The van der Waals surface area contributed by atoms with Crippen LogP contribution in [-0.4, -0.2) is 23.1 Å². The zero-order valence-electron chi connectivity index (χ0n) is 12.1. The standard InChI is InChI=1S/C16H17ClFN3O/c17-13-2-1-12(14(18)9-13)10-22-16-15(20-7-8-21-16)11-3-5-19-6-4-11/h1-2,7-9,11,19H,3-6,10H2. The van der Waals surface area contributed by atoms with Crippen molar-refractivity contribution in [1.29, 1.82) is 0 Å². The van der Waals surface area contributed by atoms with E-state index in [4.69, 9.17) is 16.3 Å². The summed E-state index contributed by atoms with van der Waals surface area (Å²) in [6.07, 6.45) is 5.28. The van der Waals surface area contributed by atoms with Crippen molar-refractivity contribution in [3.8, 4) is 5.88 Å². The van der Waals surface area contributed by atoms with Crippen LogP contribution in [0.4, 0.5) is 4.39 Å². The van der Waals surface area contributed by atoms with E-state index in [1.54, 1.807) is 24.5 Å². The van der Waals surface area contributed by atoms with Gasteiger partial charge in [0.15, 0.2) is 0 Å². The van der Waals surface area contributed by atoms with Gasteiger partial charge in [0.2, 0.25) is 5.88 Å². The topological polar surface area (TPSA) is 47.0 Å². The highest BCUT2D eigenvalue weighted by Gasteiger charge is 2.21. The fourth-order valence-corrected chi connectivity index (χ4v) is 2.77. The molecule has 1 aromatic carbocycles. The third-order valence-electron chi connectivity index (χ3n) is 3.80. The summed E-state index contributed by atoms with van der Waals surface area (Å²) in [5.74, 6) is 0.448. The van der Waals surface area contributed by atoms with E-state index in [2.05, 4.69) is 15.3 Å². The molecule has 2 aromatic rings. The van der Waals surface area contributed by atoms with E-state index in [-0.39, 0.29) is 12.4 Å². The highest BCUT2D eigenvalue weighted by atomic mass is 35.5. The molecule has 0 atom stereocenters. The number of nitrogens with one attached hydrogen (secondary N) is 1. The van der Waals surface area contributed by atoms with Crippen molar-refractivity contribution >= 4 is 11.6 Å². The molecule has 1 saturated heterocycles. The largest absolute Gasteiger partial charge is 0.471 e. The molecular weight excluding hydrogens is 305 g/mol. The van der Waals surface area contributed by atoms with Gasteiger partial charge in [0, 0.05) is 28.9 Å². The zero-order chi connectivity index (χ0) is 15.4. The van der Waals surface area contributed by atoms with E-state index in [1.807, 2.05) is 0 Å². The van der Waals surface area contributed by atoms with Crippen molar-refractivity contribution in [2.75, 3.05) is 13.1 Å². The Kier molecular flexibility index (Phi) is 4.85. The summed E-state index contributed by atoms with van der Waals surface area (Å²) in [5.41, 5.74) is 1.31. The Balaban J connectivity index is 1.74. The van der Waals surface area contributed by atoms with Gasteiger partial charge in [-0.2, -0.15) is 0 Å². The maximum Gasteiger partial charge on any atom is 0.236 e. The van der Waals surface area contributed by atoms with Crippen LogP contribution in [0.1, 0.15) is 30.0 Å². The van der Waals surface area contributed by atoms with Gasteiger partial charge in [0.05, 0.1) is 0 Å². The summed E-state index contributed by atoms with van der Waals surface area (Å²) >= 11 is 5.75. The van der Waals surface area contributed by atoms with E-state index in [0.717, 1.165) is 31.6 Å². The van der Waals surface area contributed by atoms with E-state index >= 15 is 0 Å². The van der Waals surface area contributed by atoms with Gasteiger partial charge < -0.3 is 10.1 Å². The van der Waals surface area contributed by atoms with Gasteiger partial charge in [-0.1, -0.05) is 17.7 Å². The average molecular weight is 322 g/mol. The first-order valence-electron chi connectivity index (χ1n) is 7.32. The number of hydrogen-bond donors (Lipinski definition) is 1. The summed E-state index contributed by atoms with van der Waals surface area (Å²) in [6.45, 7) is 2.04. The number of halogens is 2. The predicted octanol–water partition coefficient (Wildman–Crippen LogP) is 3.32. The summed E-state index contributed by atoms with van der Waals surface area (Å²) in [7, 11) is 0. The molecule has 0 saturated carbocycles. The Bertz CT molecular complexity index is 647. The molecule has 1 aromatic heterocycles. The number of benzene rings is 1. The lowest BCUT2D eigenvalue weighted by Gasteiger charge is -2.23. The second-order valence-corrected chi connectivity index (χ2v) is 5.73. The molecule has 4 nitrogen and oxygen atoms in total. The molecule has 0 radical (unpaired) electrons. The third kappa shape index (κ3) is 3.54. The monoisotopic (exact) mass is 321 g/mol. The van der Waals surface area contributed by atoms with Gasteiger partial charge >= 0.3 is 0 Å². The Morgan fingerprint density at radius 2 is 2.00 bits per heavy atom. The maximum atomic E-state index is 13.8. The number of aromatic nitrogens is 2. The molecule has 0 unspecified atom stereocenters. The fraction of sp³-hybridized carbons (Fsp3) is 0.375. The van der Waals surface area contributed by atoms with Crippen LogP contribution >= 0.6 is 11.6 Å². The van der Waals surface area contributed by atoms with Gasteiger partial charge in [-0.3, -0.25) is 4.98 Å². The van der Waals surface area contributed by atoms with Crippen LogP contribution in [-0.2, 0) is 6.61 Å².